The van der Waals surface area contributed by atoms with Crippen molar-refractivity contribution in [2.45, 2.75) is 44.6 Å². The second kappa shape index (κ2) is 5.03. The number of nitrogens with zero attached hydrogens (tertiary/aromatic N) is 1. The lowest BCUT2D eigenvalue weighted by atomic mass is 9.79. The number of nitrogens with one attached hydrogen (secondary N) is 1. The SMILES string of the molecule is CC1CCN(S(=O)(=O)NC2(CCl)CCC2)CC1. The molecule has 1 saturated carbocycles. The predicted molar refractivity (Wildman–Crippen MR) is 69.3 cm³/mol. The number of hydrogen-bond acceptors (Lipinski definition) is 2. The Morgan fingerprint density at radius 2 is 1.94 bits per heavy atom. The lowest BCUT2D eigenvalue weighted by Crippen LogP contribution is -2.59. The Hall–Kier alpha value is 0.160. The maximum absolute atomic E-state index is 12.2. The monoisotopic (exact) mass is 280 g/mol. The van der Waals surface area contributed by atoms with E-state index in [-0.39, 0.29) is 5.54 Å². The van der Waals surface area contributed by atoms with Gasteiger partial charge in [0.05, 0.1) is 0 Å². The van der Waals surface area contributed by atoms with Crippen molar-refractivity contribution in [3.8, 4) is 0 Å². The van der Waals surface area contributed by atoms with E-state index in [1.165, 1.54) is 0 Å². The molecule has 0 aromatic carbocycles. The fourth-order valence-electron chi connectivity index (χ4n) is 2.43. The number of alkyl halides is 1. The van der Waals surface area contributed by atoms with E-state index in [9.17, 15) is 8.42 Å². The van der Waals surface area contributed by atoms with Gasteiger partial charge < -0.3 is 0 Å². The summed E-state index contributed by atoms with van der Waals surface area (Å²) >= 11 is 5.88. The average Bonchev–Trinajstić information content (AvgIpc) is 2.24. The van der Waals surface area contributed by atoms with Crippen LogP contribution in [0.5, 0.6) is 0 Å². The lowest BCUT2D eigenvalue weighted by molar-refractivity contribution is 0.233. The molecule has 1 aliphatic carbocycles. The van der Waals surface area contributed by atoms with Crippen LogP contribution in [0, 0.1) is 5.92 Å². The molecule has 0 aromatic heterocycles. The molecule has 0 amide bonds. The first-order valence-electron chi connectivity index (χ1n) is 6.32. The first-order valence-corrected chi connectivity index (χ1v) is 8.30. The van der Waals surface area contributed by atoms with Crippen LogP contribution in [-0.4, -0.2) is 37.2 Å². The zero-order chi connectivity index (χ0) is 12.5. The van der Waals surface area contributed by atoms with Crippen molar-refractivity contribution in [2.75, 3.05) is 19.0 Å². The molecule has 17 heavy (non-hydrogen) atoms. The van der Waals surface area contributed by atoms with Gasteiger partial charge in [0, 0.05) is 24.5 Å². The van der Waals surface area contributed by atoms with Gasteiger partial charge in [0.1, 0.15) is 0 Å². The molecule has 1 saturated heterocycles. The highest BCUT2D eigenvalue weighted by atomic mass is 35.5. The molecule has 4 nitrogen and oxygen atoms in total. The van der Waals surface area contributed by atoms with E-state index in [0.29, 0.717) is 24.9 Å². The summed E-state index contributed by atoms with van der Waals surface area (Å²) in [5.74, 6) is 1.00. The van der Waals surface area contributed by atoms with Crippen LogP contribution >= 0.6 is 11.6 Å². The van der Waals surface area contributed by atoms with Crippen LogP contribution in [0.15, 0.2) is 0 Å². The van der Waals surface area contributed by atoms with Crippen LogP contribution in [0.3, 0.4) is 0 Å². The molecule has 1 heterocycles. The molecule has 1 aliphatic heterocycles. The van der Waals surface area contributed by atoms with Gasteiger partial charge in [-0.2, -0.15) is 17.4 Å². The van der Waals surface area contributed by atoms with E-state index in [4.69, 9.17) is 11.6 Å². The summed E-state index contributed by atoms with van der Waals surface area (Å²) in [7, 11) is -3.34. The van der Waals surface area contributed by atoms with Gasteiger partial charge in [-0.3, -0.25) is 0 Å². The molecule has 2 aliphatic rings. The Balaban J connectivity index is 1.99. The molecule has 100 valence electrons. The minimum Gasteiger partial charge on any atom is -0.195 e. The fourth-order valence-corrected chi connectivity index (χ4v) is 4.49. The summed E-state index contributed by atoms with van der Waals surface area (Å²) in [6, 6.07) is 0. The van der Waals surface area contributed by atoms with Crippen molar-refractivity contribution in [3.05, 3.63) is 0 Å². The van der Waals surface area contributed by atoms with Crippen molar-refractivity contribution in [2.24, 2.45) is 5.92 Å². The molecule has 0 bridgehead atoms. The third kappa shape index (κ3) is 2.95. The average molecular weight is 281 g/mol. The minimum absolute atomic E-state index is 0.372. The minimum atomic E-state index is -3.34. The first kappa shape index (κ1) is 13.6. The zero-order valence-corrected chi connectivity index (χ0v) is 11.9. The molecule has 0 radical (unpaired) electrons. The number of hydrogen-bond donors (Lipinski definition) is 1. The van der Waals surface area contributed by atoms with E-state index in [2.05, 4.69) is 11.6 Å². The van der Waals surface area contributed by atoms with Crippen molar-refractivity contribution < 1.29 is 8.42 Å². The van der Waals surface area contributed by atoms with Gasteiger partial charge >= 0.3 is 0 Å². The highest BCUT2D eigenvalue weighted by molar-refractivity contribution is 7.87. The van der Waals surface area contributed by atoms with Crippen LogP contribution in [0.25, 0.3) is 0 Å². The Morgan fingerprint density at radius 3 is 2.35 bits per heavy atom. The van der Waals surface area contributed by atoms with Gasteiger partial charge in [-0.1, -0.05) is 6.92 Å². The van der Waals surface area contributed by atoms with Gasteiger partial charge in [0.15, 0.2) is 0 Å². The van der Waals surface area contributed by atoms with Gasteiger partial charge in [-0.05, 0) is 38.0 Å². The molecule has 0 unspecified atom stereocenters. The molecular formula is C11H21ClN2O2S. The van der Waals surface area contributed by atoms with Crippen LogP contribution in [0.2, 0.25) is 0 Å². The summed E-state index contributed by atoms with van der Waals surface area (Å²) in [6.45, 7) is 3.44. The van der Waals surface area contributed by atoms with Crippen molar-refractivity contribution in [3.63, 3.8) is 0 Å². The Morgan fingerprint density at radius 1 is 1.35 bits per heavy atom. The van der Waals surface area contributed by atoms with E-state index in [0.717, 1.165) is 32.1 Å². The third-order valence-electron chi connectivity index (χ3n) is 3.99. The van der Waals surface area contributed by atoms with E-state index in [1.807, 2.05) is 0 Å². The maximum Gasteiger partial charge on any atom is 0.279 e. The second-order valence-electron chi connectivity index (χ2n) is 5.46. The van der Waals surface area contributed by atoms with Crippen LogP contribution < -0.4 is 4.72 Å². The number of halogens is 1. The number of rotatable bonds is 4. The van der Waals surface area contributed by atoms with E-state index in [1.54, 1.807) is 4.31 Å². The van der Waals surface area contributed by atoms with Gasteiger partial charge in [-0.15, -0.1) is 11.6 Å². The highest BCUT2D eigenvalue weighted by Crippen LogP contribution is 2.34. The fraction of sp³-hybridized carbons (Fsp3) is 1.00. The Kier molecular flexibility index (Phi) is 4.02. The van der Waals surface area contributed by atoms with Crippen LogP contribution in [-0.2, 0) is 10.2 Å². The van der Waals surface area contributed by atoms with Crippen LogP contribution in [0.1, 0.15) is 39.0 Å². The Labute approximate surface area is 109 Å². The summed E-state index contributed by atoms with van der Waals surface area (Å²) in [5.41, 5.74) is -0.372. The summed E-state index contributed by atoms with van der Waals surface area (Å²) < 4.78 is 28.8. The second-order valence-corrected chi connectivity index (χ2v) is 7.39. The van der Waals surface area contributed by atoms with Gasteiger partial charge in [0.2, 0.25) is 0 Å². The first-order chi connectivity index (χ1) is 7.97. The normalized spacial score (nSPS) is 26.7. The smallest absolute Gasteiger partial charge is 0.195 e. The van der Waals surface area contributed by atoms with Crippen molar-refractivity contribution >= 4 is 21.8 Å². The third-order valence-corrected chi connectivity index (χ3v) is 6.24. The molecule has 2 rings (SSSR count). The van der Waals surface area contributed by atoms with Gasteiger partial charge in [-0.25, -0.2) is 0 Å². The molecule has 1 N–H and O–H groups in total. The standard InChI is InChI=1S/C11H21ClN2O2S/c1-10-3-7-14(8-4-10)17(15,16)13-11(9-12)5-2-6-11/h10,13H,2-9H2,1H3. The Bertz CT molecular complexity index is 354. The maximum atomic E-state index is 12.2. The largest absolute Gasteiger partial charge is 0.279 e. The number of piperidine rings is 1. The van der Waals surface area contributed by atoms with Crippen LogP contribution in [0.4, 0.5) is 0 Å². The zero-order valence-electron chi connectivity index (χ0n) is 10.3. The molecule has 0 aromatic rings. The van der Waals surface area contributed by atoms with E-state index < -0.39 is 10.2 Å². The predicted octanol–water partition coefficient (Wildman–Crippen LogP) is 1.71. The van der Waals surface area contributed by atoms with Crippen molar-refractivity contribution in [1.29, 1.82) is 0 Å². The summed E-state index contributed by atoms with van der Waals surface area (Å²) in [5, 5.41) is 0. The van der Waals surface area contributed by atoms with E-state index >= 15 is 0 Å². The van der Waals surface area contributed by atoms with Gasteiger partial charge in [0.25, 0.3) is 10.2 Å². The summed E-state index contributed by atoms with van der Waals surface area (Å²) in [4.78, 5) is 0. The molecule has 0 atom stereocenters. The molecule has 6 heteroatoms. The van der Waals surface area contributed by atoms with Crippen molar-refractivity contribution in [1.82, 2.24) is 9.03 Å². The summed E-state index contributed by atoms with van der Waals surface area (Å²) in [6.07, 6.45) is 4.69. The lowest BCUT2D eigenvalue weighted by Gasteiger charge is -2.42. The molecule has 0 spiro atoms. The quantitative estimate of drug-likeness (QED) is 0.797. The molecular weight excluding hydrogens is 260 g/mol. The topological polar surface area (TPSA) is 49.4 Å². The highest BCUT2D eigenvalue weighted by Gasteiger charge is 2.41. The molecule has 2 fully saturated rings.